The van der Waals surface area contributed by atoms with Crippen molar-refractivity contribution < 1.29 is 9.59 Å². The van der Waals surface area contributed by atoms with Gasteiger partial charge < -0.3 is 14.8 Å². The van der Waals surface area contributed by atoms with Crippen molar-refractivity contribution in [3.05, 3.63) is 102 Å². The topological polar surface area (TPSA) is 67.2 Å². The monoisotopic (exact) mass is 466 g/mol. The molecule has 2 heterocycles. The van der Waals surface area contributed by atoms with Crippen LogP contribution >= 0.6 is 0 Å². The summed E-state index contributed by atoms with van der Waals surface area (Å²) in [4.78, 5) is 33.6. The first kappa shape index (κ1) is 22.8. The van der Waals surface area contributed by atoms with Crippen molar-refractivity contribution in [3.8, 4) is 0 Å². The molecule has 0 spiro atoms. The lowest BCUT2D eigenvalue weighted by molar-refractivity contribution is -0.142. The Bertz CT molecular complexity index is 1330. The van der Waals surface area contributed by atoms with Crippen molar-refractivity contribution >= 4 is 22.8 Å². The minimum atomic E-state index is -0.635. The van der Waals surface area contributed by atoms with E-state index in [0.29, 0.717) is 13.1 Å². The summed E-state index contributed by atoms with van der Waals surface area (Å²) in [6.07, 6.45) is 0.0751. The SMILES string of the molecule is C[C@H](CNC(=O)C[C@H]1C(=O)N(Cc2ccccc2)[C@@H](C)c2nc3ccccc3n21)c1ccccc1. The number of aromatic nitrogens is 2. The van der Waals surface area contributed by atoms with Crippen LogP contribution in [0.5, 0.6) is 0 Å². The largest absolute Gasteiger partial charge is 0.355 e. The molecule has 3 aromatic carbocycles. The van der Waals surface area contributed by atoms with Crippen molar-refractivity contribution in [1.82, 2.24) is 19.8 Å². The van der Waals surface area contributed by atoms with Crippen molar-refractivity contribution in [1.29, 1.82) is 0 Å². The van der Waals surface area contributed by atoms with Gasteiger partial charge in [0.1, 0.15) is 11.9 Å². The maximum absolute atomic E-state index is 13.8. The molecule has 0 radical (unpaired) electrons. The molecule has 0 saturated carbocycles. The molecule has 0 unspecified atom stereocenters. The quantitative estimate of drug-likeness (QED) is 0.417. The van der Waals surface area contributed by atoms with E-state index in [1.165, 1.54) is 5.56 Å². The second-order valence-corrected chi connectivity index (χ2v) is 9.29. The lowest BCUT2D eigenvalue weighted by Gasteiger charge is -2.38. The van der Waals surface area contributed by atoms with E-state index in [-0.39, 0.29) is 30.2 Å². The Hall–Kier alpha value is -3.93. The highest BCUT2D eigenvalue weighted by Gasteiger charge is 2.40. The molecule has 1 aromatic heterocycles. The molecule has 0 saturated heterocycles. The third-order valence-corrected chi connectivity index (χ3v) is 6.89. The third-order valence-electron chi connectivity index (χ3n) is 6.89. The van der Waals surface area contributed by atoms with Gasteiger partial charge in [-0.3, -0.25) is 9.59 Å². The Morgan fingerprint density at radius 3 is 2.37 bits per heavy atom. The molecular weight excluding hydrogens is 436 g/mol. The van der Waals surface area contributed by atoms with Gasteiger partial charge in [0.05, 0.1) is 23.5 Å². The molecule has 3 atom stereocenters. The maximum Gasteiger partial charge on any atom is 0.247 e. The fourth-order valence-corrected chi connectivity index (χ4v) is 4.91. The predicted molar refractivity (Wildman–Crippen MR) is 137 cm³/mol. The maximum atomic E-state index is 13.8. The van der Waals surface area contributed by atoms with Gasteiger partial charge in [-0.1, -0.05) is 79.7 Å². The lowest BCUT2D eigenvalue weighted by Crippen LogP contribution is -2.46. The fraction of sp³-hybridized carbons (Fsp3) is 0.276. The minimum absolute atomic E-state index is 0.0525. The Morgan fingerprint density at radius 1 is 0.971 bits per heavy atom. The van der Waals surface area contributed by atoms with Crippen LogP contribution in [0.4, 0.5) is 0 Å². The van der Waals surface area contributed by atoms with Gasteiger partial charge in [-0.25, -0.2) is 4.98 Å². The summed E-state index contributed by atoms with van der Waals surface area (Å²) in [5, 5.41) is 3.05. The van der Waals surface area contributed by atoms with Crippen LogP contribution in [-0.4, -0.2) is 32.8 Å². The molecule has 6 heteroatoms. The van der Waals surface area contributed by atoms with E-state index in [1.54, 1.807) is 0 Å². The van der Waals surface area contributed by atoms with Crippen LogP contribution in [-0.2, 0) is 16.1 Å². The number of rotatable bonds is 7. The zero-order chi connectivity index (χ0) is 24.4. The van der Waals surface area contributed by atoms with Crippen LogP contribution < -0.4 is 5.32 Å². The molecule has 35 heavy (non-hydrogen) atoms. The number of hydrogen-bond donors (Lipinski definition) is 1. The first-order chi connectivity index (χ1) is 17.0. The van der Waals surface area contributed by atoms with E-state index in [4.69, 9.17) is 4.98 Å². The number of hydrogen-bond acceptors (Lipinski definition) is 3. The third kappa shape index (κ3) is 4.56. The van der Waals surface area contributed by atoms with Gasteiger partial charge in [0.15, 0.2) is 0 Å². The standard InChI is InChI=1S/C29H30N4O2/c1-20(23-13-7-4-8-14-23)18-30-27(34)17-26-29(35)32(19-22-11-5-3-6-12-22)21(2)28-31-24-15-9-10-16-25(24)33(26)28/h3-16,20-21,26H,17-19H2,1-2H3,(H,30,34)/t20-,21+,26+/m1/s1. The number of benzene rings is 3. The summed E-state index contributed by atoms with van der Waals surface area (Å²) in [7, 11) is 0. The molecule has 1 N–H and O–H groups in total. The molecule has 1 aliphatic heterocycles. The number of fused-ring (bicyclic) bond motifs is 3. The summed E-state index contributed by atoms with van der Waals surface area (Å²) < 4.78 is 1.98. The highest BCUT2D eigenvalue weighted by atomic mass is 16.2. The Balaban J connectivity index is 1.41. The van der Waals surface area contributed by atoms with Crippen molar-refractivity contribution in [3.63, 3.8) is 0 Å². The molecule has 4 aromatic rings. The molecule has 6 nitrogen and oxygen atoms in total. The van der Waals surface area contributed by atoms with E-state index < -0.39 is 6.04 Å². The molecular formula is C29H30N4O2. The van der Waals surface area contributed by atoms with Crippen molar-refractivity contribution in [2.24, 2.45) is 0 Å². The number of carbonyl (C=O) groups is 2. The second kappa shape index (κ2) is 9.74. The molecule has 0 bridgehead atoms. The summed E-state index contributed by atoms with van der Waals surface area (Å²) in [5.41, 5.74) is 3.95. The van der Waals surface area contributed by atoms with Crippen LogP contribution in [0.2, 0.25) is 0 Å². The molecule has 178 valence electrons. The Morgan fingerprint density at radius 2 is 1.63 bits per heavy atom. The van der Waals surface area contributed by atoms with E-state index in [1.807, 2.05) is 89.2 Å². The van der Waals surface area contributed by atoms with Gasteiger partial charge in [0, 0.05) is 13.1 Å². The van der Waals surface area contributed by atoms with Gasteiger partial charge in [-0.15, -0.1) is 0 Å². The number of para-hydroxylation sites is 2. The summed E-state index contributed by atoms with van der Waals surface area (Å²) in [6.45, 7) is 5.10. The predicted octanol–water partition coefficient (Wildman–Crippen LogP) is 4.99. The number of amides is 2. The smallest absolute Gasteiger partial charge is 0.247 e. The zero-order valence-corrected chi connectivity index (χ0v) is 20.1. The van der Waals surface area contributed by atoms with Crippen LogP contribution in [0.15, 0.2) is 84.9 Å². The Labute approximate surface area is 205 Å². The van der Waals surface area contributed by atoms with E-state index in [9.17, 15) is 9.59 Å². The van der Waals surface area contributed by atoms with Crippen LogP contribution in [0.25, 0.3) is 11.0 Å². The summed E-state index contributed by atoms with van der Waals surface area (Å²) in [5.74, 6) is 0.811. The average Bonchev–Trinajstić information content (AvgIpc) is 3.28. The summed E-state index contributed by atoms with van der Waals surface area (Å²) >= 11 is 0. The van der Waals surface area contributed by atoms with Crippen LogP contribution in [0.3, 0.4) is 0 Å². The van der Waals surface area contributed by atoms with Crippen LogP contribution in [0.1, 0.15) is 55.2 Å². The van der Waals surface area contributed by atoms with E-state index >= 15 is 0 Å². The lowest BCUT2D eigenvalue weighted by atomic mass is 10.0. The van der Waals surface area contributed by atoms with Crippen molar-refractivity contribution in [2.75, 3.05) is 6.54 Å². The normalized spacial score (nSPS) is 18.3. The molecule has 5 rings (SSSR count). The number of nitrogens with one attached hydrogen (secondary N) is 1. The first-order valence-electron chi connectivity index (χ1n) is 12.2. The van der Waals surface area contributed by atoms with Crippen molar-refractivity contribution in [2.45, 2.75) is 44.8 Å². The van der Waals surface area contributed by atoms with E-state index in [2.05, 4.69) is 24.4 Å². The number of carbonyl (C=O) groups excluding carboxylic acids is 2. The summed E-state index contributed by atoms with van der Waals surface area (Å²) in [6, 6.07) is 27.1. The molecule has 2 amide bonds. The highest BCUT2D eigenvalue weighted by molar-refractivity contribution is 5.90. The number of nitrogens with zero attached hydrogens (tertiary/aromatic N) is 3. The minimum Gasteiger partial charge on any atom is -0.355 e. The average molecular weight is 467 g/mol. The van der Waals surface area contributed by atoms with Gasteiger partial charge in [0.2, 0.25) is 11.8 Å². The Kier molecular flexibility index (Phi) is 6.36. The molecule has 0 fully saturated rings. The van der Waals surface area contributed by atoms with Crippen LogP contribution in [0, 0.1) is 0 Å². The van der Waals surface area contributed by atoms with Gasteiger partial charge in [0.25, 0.3) is 0 Å². The first-order valence-corrected chi connectivity index (χ1v) is 12.2. The zero-order valence-electron chi connectivity index (χ0n) is 20.1. The highest BCUT2D eigenvalue weighted by Crippen LogP contribution is 2.37. The second-order valence-electron chi connectivity index (χ2n) is 9.29. The van der Waals surface area contributed by atoms with Gasteiger partial charge in [-0.05, 0) is 36.1 Å². The van der Waals surface area contributed by atoms with Gasteiger partial charge in [-0.2, -0.15) is 0 Å². The molecule has 1 aliphatic rings. The number of imidazole rings is 1. The fourth-order valence-electron chi connectivity index (χ4n) is 4.91. The molecule has 0 aliphatic carbocycles. The van der Waals surface area contributed by atoms with E-state index in [0.717, 1.165) is 22.4 Å². The van der Waals surface area contributed by atoms with Gasteiger partial charge >= 0.3 is 0 Å².